The number of aryl methyl sites for hydroxylation is 1. The molecule has 0 radical (unpaired) electrons. The molecular weight excluding hydrogens is 350 g/mol. The molecule has 1 aliphatic carbocycles. The van der Waals surface area contributed by atoms with Crippen molar-refractivity contribution in [3.63, 3.8) is 0 Å². The van der Waals surface area contributed by atoms with Crippen LogP contribution >= 0.6 is 0 Å². The van der Waals surface area contributed by atoms with Gasteiger partial charge in [0.2, 0.25) is 5.88 Å². The second-order valence-corrected chi connectivity index (χ2v) is 7.83. The predicted molar refractivity (Wildman–Crippen MR) is 113 cm³/mol. The van der Waals surface area contributed by atoms with Crippen LogP contribution < -0.4 is 9.64 Å². The van der Waals surface area contributed by atoms with Crippen LogP contribution in [0.4, 0.5) is 5.69 Å². The molecule has 1 N–H and O–H groups in total. The number of ether oxygens (including phenoxy) is 1. The number of anilines is 1. The van der Waals surface area contributed by atoms with Gasteiger partial charge in [0.1, 0.15) is 6.10 Å². The average molecular weight is 377 g/mol. The van der Waals surface area contributed by atoms with Crippen LogP contribution in [-0.4, -0.2) is 41.4 Å². The van der Waals surface area contributed by atoms with Crippen molar-refractivity contribution in [1.29, 1.82) is 0 Å². The Morgan fingerprint density at radius 1 is 1.07 bits per heavy atom. The van der Waals surface area contributed by atoms with E-state index in [2.05, 4.69) is 35.0 Å². The molecule has 5 heteroatoms. The zero-order chi connectivity index (χ0) is 19.7. The molecular formula is C23H27N3O2. The minimum atomic E-state index is -0.198. The standard InChI is InChI=1S/C23H27N3O2/c1-15-13-16(6-11-22(15)26(2)3)20-14-21-19(5-4-12-24-21)23(25-20)28-18-9-7-17(27)8-10-18/h4-6,11-14,17-18,27H,7-10H2,1-3H3/t17-,18-. The molecule has 1 saturated carbocycles. The minimum Gasteiger partial charge on any atom is -0.474 e. The first-order valence-corrected chi connectivity index (χ1v) is 9.90. The highest BCUT2D eigenvalue weighted by Crippen LogP contribution is 2.32. The van der Waals surface area contributed by atoms with Crippen LogP contribution in [-0.2, 0) is 0 Å². The van der Waals surface area contributed by atoms with Gasteiger partial charge in [-0.05, 0) is 68.5 Å². The number of aromatic nitrogens is 2. The van der Waals surface area contributed by atoms with Gasteiger partial charge in [0.05, 0.1) is 22.7 Å². The molecule has 1 aliphatic rings. The van der Waals surface area contributed by atoms with Gasteiger partial charge in [-0.25, -0.2) is 4.98 Å². The number of nitrogens with zero attached hydrogens (tertiary/aromatic N) is 3. The smallest absolute Gasteiger partial charge is 0.223 e. The summed E-state index contributed by atoms with van der Waals surface area (Å²) in [4.78, 5) is 11.5. The van der Waals surface area contributed by atoms with Crippen molar-refractivity contribution < 1.29 is 9.84 Å². The van der Waals surface area contributed by atoms with Crippen molar-refractivity contribution in [3.8, 4) is 17.1 Å². The summed E-state index contributed by atoms with van der Waals surface area (Å²) in [6.45, 7) is 2.11. The SMILES string of the molecule is Cc1cc(-c2cc3ncccc3c(O[C@H]3CC[C@H](O)CC3)n2)ccc1N(C)C. The molecule has 5 nitrogen and oxygen atoms in total. The molecule has 28 heavy (non-hydrogen) atoms. The summed E-state index contributed by atoms with van der Waals surface area (Å²) < 4.78 is 6.30. The van der Waals surface area contributed by atoms with E-state index in [0.717, 1.165) is 47.8 Å². The Balaban J connectivity index is 1.73. The molecule has 0 unspecified atom stereocenters. The second kappa shape index (κ2) is 7.76. The topological polar surface area (TPSA) is 58.5 Å². The third-order valence-corrected chi connectivity index (χ3v) is 5.46. The first kappa shape index (κ1) is 18.7. The highest BCUT2D eigenvalue weighted by atomic mass is 16.5. The molecule has 0 amide bonds. The van der Waals surface area contributed by atoms with Crippen molar-refractivity contribution in [3.05, 3.63) is 48.2 Å². The maximum absolute atomic E-state index is 9.76. The molecule has 4 rings (SSSR count). The van der Waals surface area contributed by atoms with Gasteiger partial charge in [-0.1, -0.05) is 6.07 Å². The highest BCUT2D eigenvalue weighted by Gasteiger charge is 2.22. The summed E-state index contributed by atoms with van der Waals surface area (Å²) in [7, 11) is 4.10. The van der Waals surface area contributed by atoms with Gasteiger partial charge in [-0.2, -0.15) is 0 Å². The van der Waals surface area contributed by atoms with E-state index >= 15 is 0 Å². The van der Waals surface area contributed by atoms with E-state index in [9.17, 15) is 5.11 Å². The van der Waals surface area contributed by atoms with Gasteiger partial charge >= 0.3 is 0 Å². The lowest BCUT2D eigenvalue weighted by molar-refractivity contribution is 0.0652. The lowest BCUT2D eigenvalue weighted by Crippen LogP contribution is -2.26. The average Bonchev–Trinajstić information content (AvgIpc) is 2.69. The Hall–Kier alpha value is -2.66. The van der Waals surface area contributed by atoms with E-state index in [4.69, 9.17) is 9.72 Å². The van der Waals surface area contributed by atoms with Crippen LogP contribution in [0.15, 0.2) is 42.6 Å². The normalized spacial score (nSPS) is 19.6. The third-order valence-electron chi connectivity index (χ3n) is 5.46. The van der Waals surface area contributed by atoms with Gasteiger partial charge < -0.3 is 14.7 Å². The summed E-state index contributed by atoms with van der Waals surface area (Å²) >= 11 is 0. The molecule has 2 aromatic heterocycles. The third kappa shape index (κ3) is 3.80. The Morgan fingerprint density at radius 2 is 1.86 bits per heavy atom. The molecule has 146 valence electrons. The van der Waals surface area contributed by atoms with E-state index in [1.807, 2.05) is 32.3 Å². The number of rotatable bonds is 4. The van der Waals surface area contributed by atoms with E-state index in [0.29, 0.717) is 5.88 Å². The van der Waals surface area contributed by atoms with Crippen molar-refractivity contribution in [2.24, 2.45) is 0 Å². The lowest BCUT2D eigenvalue weighted by Gasteiger charge is -2.26. The van der Waals surface area contributed by atoms with E-state index in [1.54, 1.807) is 6.20 Å². The van der Waals surface area contributed by atoms with Gasteiger partial charge in [0.15, 0.2) is 0 Å². The van der Waals surface area contributed by atoms with Crippen molar-refractivity contribution in [2.45, 2.75) is 44.8 Å². The van der Waals surface area contributed by atoms with Gasteiger partial charge in [0.25, 0.3) is 0 Å². The Labute approximate surface area is 166 Å². The number of benzene rings is 1. The molecule has 0 bridgehead atoms. The first-order valence-electron chi connectivity index (χ1n) is 9.90. The number of hydrogen-bond acceptors (Lipinski definition) is 5. The molecule has 0 aliphatic heterocycles. The number of fused-ring (bicyclic) bond motifs is 1. The lowest BCUT2D eigenvalue weighted by atomic mass is 9.95. The highest BCUT2D eigenvalue weighted by molar-refractivity contribution is 5.87. The summed E-state index contributed by atoms with van der Waals surface area (Å²) in [5, 5.41) is 10.7. The molecule has 0 spiro atoms. The van der Waals surface area contributed by atoms with Gasteiger partial charge in [-0.15, -0.1) is 0 Å². The fourth-order valence-corrected chi connectivity index (χ4v) is 3.92. The van der Waals surface area contributed by atoms with Crippen LogP contribution in [0, 0.1) is 6.92 Å². The van der Waals surface area contributed by atoms with Crippen LogP contribution in [0.2, 0.25) is 0 Å². The Bertz CT molecular complexity index is 979. The Morgan fingerprint density at radius 3 is 2.57 bits per heavy atom. The summed E-state index contributed by atoms with van der Waals surface area (Å²) in [6.07, 6.45) is 4.96. The maximum atomic E-state index is 9.76. The zero-order valence-corrected chi connectivity index (χ0v) is 16.7. The van der Waals surface area contributed by atoms with Gasteiger partial charge in [-0.3, -0.25) is 4.98 Å². The fraction of sp³-hybridized carbons (Fsp3) is 0.391. The maximum Gasteiger partial charge on any atom is 0.223 e. The van der Waals surface area contributed by atoms with E-state index in [-0.39, 0.29) is 12.2 Å². The second-order valence-electron chi connectivity index (χ2n) is 7.83. The van der Waals surface area contributed by atoms with Crippen LogP contribution in [0.3, 0.4) is 0 Å². The summed E-state index contributed by atoms with van der Waals surface area (Å²) in [5.41, 5.74) is 5.20. The summed E-state index contributed by atoms with van der Waals surface area (Å²) in [6, 6.07) is 12.3. The molecule has 0 atom stereocenters. The van der Waals surface area contributed by atoms with Crippen LogP contribution in [0.25, 0.3) is 22.2 Å². The fourth-order valence-electron chi connectivity index (χ4n) is 3.92. The molecule has 3 aromatic rings. The number of aliphatic hydroxyl groups is 1. The van der Waals surface area contributed by atoms with Crippen molar-refractivity contribution in [2.75, 3.05) is 19.0 Å². The largest absolute Gasteiger partial charge is 0.474 e. The minimum absolute atomic E-state index is 0.0902. The summed E-state index contributed by atoms with van der Waals surface area (Å²) in [5.74, 6) is 0.635. The number of hydrogen-bond donors (Lipinski definition) is 1. The zero-order valence-electron chi connectivity index (χ0n) is 16.7. The van der Waals surface area contributed by atoms with E-state index in [1.165, 1.54) is 11.3 Å². The number of aliphatic hydroxyl groups excluding tert-OH is 1. The van der Waals surface area contributed by atoms with Crippen LogP contribution in [0.5, 0.6) is 5.88 Å². The van der Waals surface area contributed by atoms with Crippen LogP contribution in [0.1, 0.15) is 31.2 Å². The number of pyridine rings is 2. The predicted octanol–water partition coefficient (Wildman–Crippen LogP) is 4.35. The first-order chi connectivity index (χ1) is 13.5. The monoisotopic (exact) mass is 377 g/mol. The molecule has 1 fully saturated rings. The Kier molecular flexibility index (Phi) is 5.18. The quantitative estimate of drug-likeness (QED) is 0.732. The van der Waals surface area contributed by atoms with E-state index < -0.39 is 0 Å². The molecule has 1 aromatic carbocycles. The molecule has 0 saturated heterocycles. The van der Waals surface area contributed by atoms with Crippen molar-refractivity contribution in [1.82, 2.24) is 9.97 Å². The van der Waals surface area contributed by atoms with Gasteiger partial charge in [0, 0.05) is 31.5 Å². The molecule has 2 heterocycles. The van der Waals surface area contributed by atoms with Crippen molar-refractivity contribution >= 4 is 16.6 Å².